The van der Waals surface area contributed by atoms with Gasteiger partial charge in [-0.2, -0.15) is 0 Å². The quantitative estimate of drug-likeness (QED) is 0.659. The number of aryl methyl sites for hydroxylation is 1. The fourth-order valence-corrected chi connectivity index (χ4v) is 1.69. The van der Waals surface area contributed by atoms with Crippen LogP contribution in [0.1, 0.15) is 30.9 Å². The molecule has 16 heavy (non-hydrogen) atoms. The van der Waals surface area contributed by atoms with E-state index >= 15 is 0 Å². The Bertz CT molecular complexity index is 267. The number of rotatable bonds is 8. The molecule has 90 valence electrons. The minimum absolute atomic E-state index is 0.806. The minimum atomic E-state index is 0.806. The van der Waals surface area contributed by atoms with Crippen LogP contribution in [0.15, 0.2) is 24.3 Å². The molecule has 0 aliphatic heterocycles. The highest BCUT2D eigenvalue weighted by Crippen LogP contribution is 2.05. The molecular weight excluding hydrogens is 196 g/mol. The molecule has 0 fully saturated rings. The van der Waals surface area contributed by atoms with Gasteiger partial charge in [-0.25, -0.2) is 0 Å². The molecule has 0 saturated carbocycles. The molecule has 0 aromatic heterocycles. The van der Waals surface area contributed by atoms with E-state index in [2.05, 4.69) is 36.5 Å². The molecule has 1 aromatic rings. The molecule has 1 aromatic carbocycles. The highest BCUT2D eigenvalue weighted by molar-refractivity contribution is 5.22. The lowest BCUT2D eigenvalue weighted by Crippen LogP contribution is -2.19. The van der Waals surface area contributed by atoms with E-state index in [-0.39, 0.29) is 0 Å². The Hall–Kier alpha value is -0.860. The summed E-state index contributed by atoms with van der Waals surface area (Å²) >= 11 is 0. The molecule has 0 radical (unpaired) electrons. The summed E-state index contributed by atoms with van der Waals surface area (Å²) in [4.78, 5) is 0. The molecule has 2 nitrogen and oxygen atoms in total. The van der Waals surface area contributed by atoms with E-state index in [1.165, 1.54) is 17.5 Å². The van der Waals surface area contributed by atoms with Crippen molar-refractivity contribution in [3.05, 3.63) is 35.4 Å². The zero-order chi connectivity index (χ0) is 11.6. The monoisotopic (exact) mass is 220 g/mol. The standard InChI is InChI=1S/C14H24N2/c1-2-13-5-7-14(8-6-13)9-12-16-11-4-3-10-15/h5-8,16H,2-4,9-12,15H2,1H3. The van der Waals surface area contributed by atoms with E-state index in [1.54, 1.807) is 0 Å². The molecule has 0 aliphatic rings. The van der Waals surface area contributed by atoms with Crippen LogP contribution in [0.2, 0.25) is 0 Å². The molecule has 2 heteroatoms. The van der Waals surface area contributed by atoms with E-state index in [0.29, 0.717) is 0 Å². The average molecular weight is 220 g/mol. The molecule has 0 amide bonds. The van der Waals surface area contributed by atoms with E-state index in [9.17, 15) is 0 Å². The fraction of sp³-hybridized carbons (Fsp3) is 0.571. The van der Waals surface area contributed by atoms with E-state index in [0.717, 1.165) is 38.9 Å². The summed E-state index contributed by atoms with van der Waals surface area (Å²) in [6, 6.07) is 8.92. The van der Waals surface area contributed by atoms with Gasteiger partial charge in [-0.15, -0.1) is 0 Å². The Balaban J connectivity index is 2.12. The van der Waals surface area contributed by atoms with Crippen molar-refractivity contribution in [2.75, 3.05) is 19.6 Å². The second kappa shape index (κ2) is 8.31. The molecular formula is C14H24N2. The highest BCUT2D eigenvalue weighted by atomic mass is 14.8. The van der Waals surface area contributed by atoms with Gasteiger partial charge >= 0.3 is 0 Å². The van der Waals surface area contributed by atoms with E-state index in [1.807, 2.05) is 0 Å². The maximum atomic E-state index is 5.43. The summed E-state index contributed by atoms with van der Waals surface area (Å²) in [6.07, 6.45) is 4.55. The molecule has 0 aliphatic carbocycles. The van der Waals surface area contributed by atoms with Crippen molar-refractivity contribution in [3.63, 3.8) is 0 Å². The minimum Gasteiger partial charge on any atom is -0.330 e. The molecule has 0 atom stereocenters. The molecule has 1 rings (SSSR count). The first-order chi connectivity index (χ1) is 7.86. The summed E-state index contributed by atoms with van der Waals surface area (Å²) in [5.41, 5.74) is 8.27. The van der Waals surface area contributed by atoms with E-state index in [4.69, 9.17) is 5.73 Å². The van der Waals surface area contributed by atoms with E-state index < -0.39 is 0 Å². The third kappa shape index (κ3) is 5.29. The third-order valence-electron chi connectivity index (χ3n) is 2.83. The van der Waals surface area contributed by atoms with Crippen LogP contribution < -0.4 is 11.1 Å². The topological polar surface area (TPSA) is 38.0 Å². The van der Waals surface area contributed by atoms with Crippen LogP contribution in [0.25, 0.3) is 0 Å². The van der Waals surface area contributed by atoms with Gasteiger partial charge in [-0.1, -0.05) is 31.2 Å². The maximum Gasteiger partial charge on any atom is -0.000835 e. The van der Waals surface area contributed by atoms with Gasteiger partial charge in [0.1, 0.15) is 0 Å². The van der Waals surface area contributed by atoms with Crippen LogP contribution >= 0.6 is 0 Å². The number of nitrogens with two attached hydrogens (primary N) is 1. The molecule has 3 N–H and O–H groups in total. The van der Waals surface area contributed by atoms with Crippen LogP contribution in [0, 0.1) is 0 Å². The lowest BCUT2D eigenvalue weighted by atomic mass is 10.1. The number of unbranched alkanes of at least 4 members (excludes halogenated alkanes) is 1. The summed E-state index contributed by atoms with van der Waals surface area (Å²) in [6.45, 7) is 5.15. The van der Waals surface area contributed by atoms with Crippen molar-refractivity contribution in [2.45, 2.75) is 32.6 Å². The van der Waals surface area contributed by atoms with Gasteiger partial charge in [0.2, 0.25) is 0 Å². The second-order valence-electron chi connectivity index (χ2n) is 4.17. The van der Waals surface area contributed by atoms with Crippen molar-refractivity contribution < 1.29 is 0 Å². The normalized spacial score (nSPS) is 10.6. The van der Waals surface area contributed by atoms with Gasteiger partial charge in [-0.05, 0) is 56.4 Å². The predicted octanol–water partition coefficient (Wildman–Crippen LogP) is 2.12. The second-order valence-corrected chi connectivity index (χ2v) is 4.17. The zero-order valence-corrected chi connectivity index (χ0v) is 10.3. The van der Waals surface area contributed by atoms with Crippen molar-refractivity contribution in [1.29, 1.82) is 0 Å². The third-order valence-corrected chi connectivity index (χ3v) is 2.83. The summed E-state index contributed by atoms with van der Waals surface area (Å²) in [7, 11) is 0. The highest BCUT2D eigenvalue weighted by Gasteiger charge is 1.93. The predicted molar refractivity (Wildman–Crippen MR) is 70.7 cm³/mol. The largest absolute Gasteiger partial charge is 0.330 e. The van der Waals surface area contributed by atoms with Crippen molar-refractivity contribution >= 4 is 0 Å². The summed E-state index contributed by atoms with van der Waals surface area (Å²) in [5.74, 6) is 0. The van der Waals surface area contributed by atoms with Crippen LogP contribution in [0.3, 0.4) is 0 Å². The summed E-state index contributed by atoms with van der Waals surface area (Å²) < 4.78 is 0. The SMILES string of the molecule is CCc1ccc(CCNCCCCN)cc1. The van der Waals surface area contributed by atoms with Gasteiger partial charge in [-0.3, -0.25) is 0 Å². The maximum absolute atomic E-state index is 5.43. The smallest absolute Gasteiger partial charge is 0.000835 e. The lowest BCUT2D eigenvalue weighted by molar-refractivity contribution is 0.627. The Morgan fingerprint density at radius 1 is 1.00 bits per heavy atom. The first-order valence-electron chi connectivity index (χ1n) is 6.35. The Labute approximate surface area is 99.2 Å². The van der Waals surface area contributed by atoms with Gasteiger partial charge < -0.3 is 11.1 Å². The molecule has 0 heterocycles. The Kier molecular flexibility index (Phi) is 6.86. The molecule has 0 spiro atoms. The molecule has 0 unspecified atom stereocenters. The van der Waals surface area contributed by atoms with Crippen LogP contribution in [0.4, 0.5) is 0 Å². The fourth-order valence-electron chi connectivity index (χ4n) is 1.69. The molecule has 0 saturated heterocycles. The summed E-state index contributed by atoms with van der Waals surface area (Å²) in [5, 5.41) is 3.44. The van der Waals surface area contributed by atoms with Crippen LogP contribution in [0.5, 0.6) is 0 Å². The van der Waals surface area contributed by atoms with Crippen molar-refractivity contribution in [1.82, 2.24) is 5.32 Å². The number of hydrogen-bond donors (Lipinski definition) is 2. The number of benzene rings is 1. The zero-order valence-electron chi connectivity index (χ0n) is 10.3. The first kappa shape index (κ1) is 13.2. The van der Waals surface area contributed by atoms with Crippen molar-refractivity contribution in [2.24, 2.45) is 5.73 Å². The lowest BCUT2D eigenvalue weighted by Gasteiger charge is -2.05. The molecule has 0 bridgehead atoms. The van der Waals surface area contributed by atoms with Gasteiger partial charge in [0.05, 0.1) is 0 Å². The first-order valence-corrected chi connectivity index (χ1v) is 6.35. The number of nitrogens with one attached hydrogen (secondary N) is 1. The van der Waals surface area contributed by atoms with Gasteiger partial charge in [0.25, 0.3) is 0 Å². The van der Waals surface area contributed by atoms with Gasteiger partial charge in [0, 0.05) is 0 Å². The average Bonchev–Trinajstić information content (AvgIpc) is 2.34. The van der Waals surface area contributed by atoms with Crippen LogP contribution in [-0.2, 0) is 12.8 Å². The number of hydrogen-bond acceptors (Lipinski definition) is 2. The van der Waals surface area contributed by atoms with Gasteiger partial charge in [0.15, 0.2) is 0 Å². The van der Waals surface area contributed by atoms with Crippen LogP contribution in [-0.4, -0.2) is 19.6 Å². The Morgan fingerprint density at radius 3 is 2.31 bits per heavy atom. The Morgan fingerprint density at radius 2 is 1.69 bits per heavy atom. The van der Waals surface area contributed by atoms with Crippen molar-refractivity contribution in [3.8, 4) is 0 Å².